The van der Waals surface area contributed by atoms with Gasteiger partial charge in [0.25, 0.3) is 0 Å². The maximum absolute atomic E-state index is 5.66. The molecular weight excluding hydrogens is 390 g/mol. The Morgan fingerprint density at radius 3 is 3.08 bits per heavy atom. The molecule has 0 amide bonds. The number of rotatable bonds is 10. The predicted octanol–water partition coefficient (Wildman–Crippen LogP) is 3.19. The summed E-state index contributed by atoms with van der Waals surface area (Å²) in [6, 6.07) is 4.25. The van der Waals surface area contributed by atoms with Crippen molar-refractivity contribution in [2.45, 2.75) is 38.7 Å². The zero-order chi connectivity index (χ0) is 17.0. The van der Waals surface area contributed by atoms with E-state index in [0.717, 1.165) is 64.7 Å². The fourth-order valence-electron chi connectivity index (χ4n) is 2.48. The molecule has 1 unspecified atom stereocenters. The lowest BCUT2D eigenvalue weighted by Gasteiger charge is -2.11. The molecule has 24 heavy (non-hydrogen) atoms. The van der Waals surface area contributed by atoms with Crippen molar-refractivity contribution in [1.82, 2.24) is 10.6 Å². The van der Waals surface area contributed by atoms with Gasteiger partial charge < -0.3 is 20.1 Å². The van der Waals surface area contributed by atoms with E-state index >= 15 is 0 Å². The van der Waals surface area contributed by atoms with Crippen LogP contribution in [0, 0.1) is 0 Å². The molecule has 0 aromatic carbocycles. The summed E-state index contributed by atoms with van der Waals surface area (Å²) in [5.41, 5.74) is 0. The van der Waals surface area contributed by atoms with Crippen LogP contribution in [0.2, 0.25) is 0 Å². The minimum Gasteiger partial charge on any atom is -0.379 e. The zero-order valence-electron chi connectivity index (χ0n) is 14.4. The van der Waals surface area contributed by atoms with Gasteiger partial charge >= 0.3 is 0 Å². The van der Waals surface area contributed by atoms with Crippen LogP contribution in [0.3, 0.4) is 0 Å². The second kappa shape index (κ2) is 11.8. The third-order valence-corrected chi connectivity index (χ3v) is 5.36. The first-order valence-corrected chi connectivity index (χ1v) is 10.3. The molecule has 136 valence electrons. The van der Waals surface area contributed by atoms with E-state index in [0.29, 0.717) is 6.10 Å². The molecule has 2 rings (SSSR count). The average Bonchev–Trinajstić information content (AvgIpc) is 3.22. The van der Waals surface area contributed by atoms with Gasteiger partial charge in [0.2, 0.25) is 0 Å². The maximum atomic E-state index is 5.66. The molecule has 0 bridgehead atoms. The Labute approximate surface area is 157 Å². The number of hydrogen-bond acceptors (Lipinski definition) is 4. The molecule has 2 heterocycles. The Morgan fingerprint density at radius 2 is 2.38 bits per heavy atom. The van der Waals surface area contributed by atoms with Gasteiger partial charge in [-0.2, -0.15) is 0 Å². The molecule has 1 aromatic heterocycles. The lowest BCUT2D eigenvalue weighted by molar-refractivity contribution is 0.0171. The number of thiophene rings is 1. The number of guanidine groups is 1. The Morgan fingerprint density at radius 1 is 1.46 bits per heavy atom. The monoisotopic (exact) mass is 417 g/mol. The Balaban J connectivity index is 1.57. The van der Waals surface area contributed by atoms with Crippen LogP contribution in [-0.4, -0.2) is 51.5 Å². The molecule has 1 saturated heterocycles. The predicted molar refractivity (Wildman–Crippen MR) is 104 cm³/mol. The van der Waals surface area contributed by atoms with Crippen LogP contribution >= 0.6 is 27.3 Å². The quantitative estimate of drug-likeness (QED) is 0.348. The van der Waals surface area contributed by atoms with Gasteiger partial charge in [-0.3, -0.25) is 4.99 Å². The molecule has 0 radical (unpaired) electrons. The normalized spacial score (nSPS) is 18.1. The van der Waals surface area contributed by atoms with Gasteiger partial charge in [0.1, 0.15) is 0 Å². The van der Waals surface area contributed by atoms with Gasteiger partial charge in [-0.15, -0.1) is 11.3 Å². The SMILES string of the molecule is CCNC(=NCCCOCC1CCCO1)NCCc1ccc(Br)s1. The summed E-state index contributed by atoms with van der Waals surface area (Å²) in [7, 11) is 0. The fraction of sp³-hybridized carbons (Fsp3) is 0.706. The van der Waals surface area contributed by atoms with E-state index in [1.807, 2.05) is 0 Å². The topological polar surface area (TPSA) is 54.9 Å². The van der Waals surface area contributed by atoms with Gasteiger partial charge in [0.15, 0.2) is 5.96 Å². The number of halogens is 1. The molecule has 1 aliphatic heterocycles. The molecule has 2 N–H and O–H groups in total. The largest absolute Gasteiger partial charge is 0.379 e. The van der Waals surface area contributed by atoms with E-state index in [-0.39, 0.29) is 0 Å². The molecule has 1 atom stereocenters. The molecule has 7 heteroatoms. The van der Waals surface area contributed by atoms with Crippen LogP contribution in [-0.2, 0) is 15.9 Å². The summed E-state index contributed by atoms with van der Waals surface area (Å²) in [5.74, 6) is 0.882. The highest BCUT2D eigenvalue weighted by Crippen LogP contribution is 2.22. The number of hydrogen-bond donors (Lipinski definition) is 2. The average molecular weight is 418 g/mol. The van der Waals surface area contributed by atoms with Crippen molar-refractivity contribution in [2.75, 3.05) is 39.5 Å². The number of nitrogens with one attached hydrogen (secondary N) is 2. The third-order valence-electron chi connectivity index (χ3n) is 3.68. The molecular formula is C17H28BrN3O2S. The zero-order valence-corrected chi connectivity index (χ0v) is 16.8. The van der Waals surface area contributed by atoms with Crippen molar-refractivity contribution < 1.29 is 9.47 Å². The van der Waals surface area contributed by atoms with E-state index < -0.39 is 0 Å². The van der Waals surface area contributed by atoms with Gasteiger partial charge in [-0.1, -0.05) is 0 Å². The van der Waals surface area contributed by atoms with Crippen molar-refractivity contribution >= 4 is 33.2 Å². The molecule has 0 aliphatic carbocycles. The maximum Gasteiger partial charge on any atom is 0.191 e. The van der Waals surface area contributed by atoms with E-state index in [1.54, 1.807) is 11.3 Å². The second-order valence-electron chi connectivity index (χ2n) is 5.71. The Kier molecular flexibility index (Phi) is 9.72. The van der Waals surface area contributed by atoms with E-state index in [9.17, 15) is 0 Å². The van der Waals surface area contributed by atoms with Crippen molar-refractivity contribution in [3.8, 4) is 0 Å². The number of aliphatic imine (C=N–C) groups is 1. The summed E-state index contributed by atoms with van der Waals surface area (Å²) in [4.78, 5) is 5.96. The molecule has 0 saturated carbocycles. The third kappa shape index (κ3) is 7.96. The highest BCUT2D eigenvalue weighted by Gasteiger charge is 2.14. The van der Waals surface area contributed by atoms with Crippen LogP contribution in [0.4, 0.5) is 0 Å². The van der Waals surface area contributed by atoms with Crippen LogP contribution in [0.5, 0.6) is 0 Å². The first-order chi connectivity index (χ1) is 11.8. The number of ether oxygens (including phenoxy) is 2. The van der Waals surface area contributed by atoms with Gasteiger partial charge in [0, 0.05) is 37.7 Å². The van der Waals surface area contributed by atoms with Crippen LogP contribution in [0.1, 0.15) is 31.1 Å². The summed E-state index contributed by atoms with van der Waals surface area (Å²) >= 11 is 5.28. The summed E-state index contributed by atoms with van der Waals surface area (Å²) in [6.45, 7) is 6.95. The summed E-state index contributed by atoms with van der Waals surface area (Å²) in [5, 5.41) is 6.67. The first-order valence-electron chi connectivity index (χ1n) is 8.73. The van der Waals surface area contributed by atoms with E-state index in [2.05, 4.69) is 50.6 Å². The molecule has 1 aliphatic rings. The molecule has 5 nitrogen and oxygen atoms in total. The lowest BCUT2D eigenvalue weighted by Crippen LogP contribution is -2.38. The Bertz CT molecular complexity index is 490. The van der Waals surface area contributed by atoms with Crippen molar-refractivity contribution in [3.05, 3.63) is 20.8 Å². The van der Waals surface area contributed by atoms with Crippen LogP contribution in [0.15, 0.2) is 20.9 Å². The van der Waals surface area contributed by atoms with Gasteiger partial charge in [-0.05, 0) is 60.7 Å². The molecule has 1 fully saturated rings. The van der Waals surface area contributed by atoms with Gasteiger partial charge in [0.05, 0.1) is 16.5 Å². The van der Waals surface area contributed by atoms with E-state index in [4.69, 9.17) is 9.47 Å². The minimum atomic E-state index is 0.310. The Hall–Kier alpha value is -0.630. The standard InChI is InChI=1S/C17H28BrN3O2S/c1-2-19-17(21-10-8-15-6-7-16(18)24-15)20-9-4-11-22-13-14-5-3-12-23-14/h6-7,14H,2-5,8-13H2,1H3,(H2,19,20,21). The van der Waals surface area contributed by atoms with Crippen molar-refractivity contribution in [3.63, 3.8) is 0 Å². The lowest BCUT2D eigenvalue weighted by atomic mass is 10.2. The summed E-state index contributed by atoms with van der Waals surface area (Å²) < 4.78 is 12.4. The van der Waals surface area contributed by atoms with E-state index in [1.165, 1.54) is 15.1 Å². The van der Waals surface area contributed by atoms with Gasteiger partial charge in [-0.25, -0.2) is 0 Å². The van der Waals surface area contributed by atoms with Crippen LogP contribution in [0.25, 0.3) is 0 Å². The second-order valence-corrected chi connectivity index (χ2v) is 8.25. The molecule has 1 aromatic rings. The molecule has 0 spiro atoms. The van der Waals surface area contributed by atoms with Crippen molar-refractivity contribution in [2.24, 2.45) is 4.99 Å². The minimum absolute atomic E-state index is 0.310. The number of nitrogens with zero attached hydrogens (tertiary/aromatic N) is 1. The smallest absolute Gasteiger partial charge is 0.191 e. The first kappa shape index (κ1) is 19.7. The van der Waals surface area contributed by atoms with Crippen LogP contribution < -0.4 is 10.6 Å². The summed E-state index contributed by atoms with van der Waals surface area (Å²) in [6.07, 6.45) is 4.54. The highest BCUT2D eigenvalue weighted by molar-refractivity contribution is 9.11. The highest BCUT2D eigenvalue weighted by atomic mass is 79.9. The fourth-order valence-corrected chi connectivity index (χ4v) is 3.96. The van der Waals surface area contributed by atoms with Crippen molar-refractivity contribution in [1.29, 1.82) is 0 Å².